The molecule has 0 unspecified atom stereocenters. The molecule has 0 saturated heterocycles. The number of para-hydroxylation sites is 1. The highest BCUT2D eigenvalue weighted by Gasteiger charge is 2.40. The van der Waals surface area contributed by atoms with Gasteiger partial charge in [-0.25, -0.2) is 4.79 Å². The van der Waals surface area contributed by atoms with Crippen molar-refractivity contribution in [3.63, 3.8) is 0 Å². The molecule has 94 valence electrons. The summed E-state index contributed by atoms with van der Waals surface area (Å²) in [6.45, 7) is 0. The Morgan fingerprint density at radius 2 is 1.78 bits per heavy atom. The number of rotatable bonds is 2. The fourth-order valence-corrected chi connectivity index (χ4v) is 1.32. The van der Waals surface area contributed by atoms with Gasteiger partial charge >= 0.3 is 12.1 Å². The lowest BCUT2D eigenvalue weighted by Gasteiger charge is -2.01. The maximum absolute atomic E-state index is 12.6. The van der Waals surface area contributed by atoms with E-state index in [4.69, 9.17) is 5.11 Å². The molecule has 5 nitrogen and oxygen atoms in total. The third kappa shape index (κ3) is 2.17. The lowest BCUT2D eigenvalue weighted by Crippen LogP contribution is -2.12. The summed E-state index contributed by atoms with van der Waals surface area (Å²) in [4.78, 5) is 11.3. The number of carboxylic acids is 1. The first-order valence-electron chi connectivity index (χ1n) is 4.73. The summed E-state index contributed by atoms with van der Waals surface area (Å²) < 4.78 is 37.7. The number of benzene rings is 1. The summed E-state index contributed by atoms with van der Waals surface area (Å²) in [7, 11) is 0. The van der Waals surface area contributed by atoms with Gasteiger partial charge < -0.3 is 5.11 Å². The summed E-state index contributed by atoms with van der Waals surface area (Å²) in [6, 6.07) is 7.74. The summed E-state index contributed by atoms with van der Waals surface area (Å²) >= 11 is 0. The van der Waals surface area contributed by atoms with Gasteiger partial charge in [-0.05, 0) is 12.1 Å². The highest BCUT2D eigenvalue weighted by molar-refractivity contribution is 5.86. The third-order valence-corrected chi connectivity index (χ3v) is 2.07. The van der Waals surface area contributed by atoms with Crippen molar-refractivity contribution in [2.45, 2.75) is 6.18 Å². The first-order chi connectivity index (χ1) is 8.39. The monoisotopic (exact) mass is 257 g/mol. The van der Waals surface area contributed by atoms with Crippen LogP contribution in [0.15, 0.2) is 30.3 Å². The molecule has 0 fully saturated rings. The molecule has 1 aromatic carbocycles. The van der Waals surface area contributed by atoms with Crippen molar-refractivity contribution in [3.8, 4) is 5.69 Å². The smallest absolute Gasteiger partial charge is 0.437 e. The number of nitrogens with zero attached hydrogens (tertiary/aromatic N) is 3. The average Bonchev–Trinajstić information content (AvgIpc) is 2.74. The van der Waals surface area contributed by atoms with Gasteiger partial charge in [0.25, 0.3) is 0 Å². The Hall–Kier alpha value is -2.38. The van der Waals surface area contributed by atoms with Crippen molar-refractivity contribution in [1.29, 1.82) is 0 Å². The number of aromatic nitrogens is 3. The summed E-state index contributed by atoms with van der Waals surface area (Å²) in [6.07, 6.45) is -4.86. The number of aromatic carboxylic acids is 1. The molecule has 1 heterocycles. The van der Waals surface area contributed by atoms with Crippen LogP contribution in [0, 0.1) is 0 Å². The molecule has 0 amide bonds. The molecule has 0 aliphatic rings. The number of alkyl halides is 3. The molecule has 0 radical (unpaired) electrons. The van der Waals surface area contributed by atoms with E-state index in [2.05, 4.69) is 10.2 Å². The zero-order valence-corrected chi connectivity index (χ0v) is 8.72. The van der Waals surface area contributed by atoms with Crippen molar-refractivity contribution in [2.24, 2.45) is 0 Å². The van der Waals surface area contributed by atoms with Crippen LogP contribution in [0.25, 0.3) is 5.69 Å². The lowest BCUT2D eigenvalue weighted by atomic mass is 10.3. The van der Waals surface area contributed by atoms with Crippen molar-refractivity contribution in [3.05, 3.63) is 41.7 Å². The number of carboxylic acid groups (broad SMARTS) is 1. The molecular weight excluding hydrogens is 251 g/mol. The molecular formula is C10H6F3N3O2. The Morgan fingerprint density at radius 3 is 2.22 bits per heavy atom. The molecule has 2 rings (SSSR count). The maximum Gasteiger partial charge on any atom is 0.437 e. The summed E-state index contributed by atoms with van der Waals surface area (Å²) in [5, 5.41) is 15.2. The van der Waals surface area contributed by atoms with E-state index < -0.39 is 23.5 Å². The molecule has 0 bridgehead atoms. The highest BCUT2D eigenvalue weighted by Crippen LogP contribution is 2.30. The first kappa shape index (κ1) is 12.1. The Morgan fingerprint density at radius 1 is 1.17 bits per heavy atom. The fraction of sp³-hybridized carbons (Fsp3) is 0.100. The van der Waals surface area contributed by atoms with Gasteiger partial charge in [-0.3, -0.25) is 0 Å². The van der Waals surface area contributed by atoms with Crippen molar-refractivity contribution < 1.29 is 23.1 Å². The van der Waals surface area contributed by atoms with Crippen LogP contribution in [0.5, 0.6) is 0 Å². The van der Waals surface area contributed by atoms with Crippen molar-refractivity contribution in [1.82, 2.24) is 15.0 Å². The standard InChI is InChI=1S/C10H6F3N3O2/c11-10(12,13)8-7(9(17)18)14-16(15-8)6-4-2-1-3-5-6/h1-5H,(H,17,18). The second-order valence-corrected chi connectivity index (χ2v) is 3.33. The second kappa shape index (κ2) is 4.13. The number of halogens is 3. The average molecular weight is 257 g/mol. The van der Waals surface area contributed by atoms with Crippen LogP contribution < -0.4 is 0 Å². The van der Waals surface area contributed by atoms with Crippen LogP contribution in [0.1, 0.15) is 16.2 Å². The van der Waals surface area contributed by atoms with Gasteiger partial charge in [-0.1, -0.05) is 18.2 Å². The molecule has 1 aromatic heterocycles. The second-order valence-electron chi connectivity index (χ2n) is 3.33. The largest absolute Gasteiger partial charge is 0.476 e. The van der Waals surface area contributed by atoms with Crippen LogP contribution in [0.2, 0.25) is 0 Å². The minimum atomic E-state index is -4.86. The van der Waals surface area contributed by atoms with Gasteiger partial charge in [0.2, 0.25) is 11.4 Å². The predicted molar refractivity (Wildman–Crippen MR) is 53.3 cm³/mol. The van der Waals surface area contributed by atoms with E-state index in [-0.39, 0.29) is 5.69 Å². The third-order valence-electron chi connectivity index (χ3n) is 2.07. The zero-order valence-electron chi connectivity index (χ0n) is 8.72. The normalized spacial score (nSPS) is 11.5. The van der Waals surface area contributed by atoms with Crippen LogP contribution in [0.4, 0.5) is 13.2 Å². The van der Waals surface area contributed by atoms with Gasteiger partial charge in [-0.2, -0.15) is 18.0 Å². The van der Waals surface area contributed by atoms with E-state index in [0.717, 1.165) is 0 Å². The molecule has 0 spiro atoms. The first-order valence-corrected chi connectivity index (χ1v) is 4.73. The van der Waals surface area contributed by atoms with E-state index in [1.807, 2.05) is 0 Å². The molecule has 0 aliphatic heterocycles. The molecule has 0 saturated carbocycles. The van der Waals surface area contributed by atoms with E-state index in [1.54, 1.807) is 18.2 Å². The molecule has 2 aromatic rings. The molecule has 0 atom stereocenters. The molecule has 1 N–H and O–H groups in total. The van der Waals surface area contributed by atoms with E-state index in [9.17, 15) is 18.0 Å². The molecule has 8 heteroatoms. The quantitative estimate of drug-likeness (QED) is 0.893. The minimum absolute atomic E-state index is 0.246. The summed E-state index contributed by atoms with van der Waals surface area (Å²) in [5.74, 6) is -1.77. The van der Waals surface area contributed by atoms with Crippen molar-refractivity contribution in [2.75, 3.05) is 0 Å². The SMILES string of the molecule is O=C(O)c1nn(-c2ccccc2)nc1C(F)(F)F. The number of hydrogen-bond acceptors (Lipinski definition) is 3. The van der Waals surface area contributed by atoms with Crippen molar-refractivity contribution >= 4 is 5.97 Å². The van der Waals surface area contributed by atoms with Crippen LogP contribution >= 0.6 is 0 Å². The highest BCUT2D eigenvalue weighted by atomic mass is 19.4. The summed E-state index contributed by atoms with van der Waals surface area (Å²) in [5.41, 5.74) is -2.39. The van der Waals surface area contributed by atoms with Crippen LogP contribution in [0.3, 0.4) is 0 Å². The van der Waals surface area contributed by atoms with Gasteiger partial charge in [0, 0.05) is 0 Å². The van der Waals surface area contributed by atoms with E-state index in [0.29, 0.717) is 4.80 Å². The zero-order chi connectivity index (χ0) is 13.3. The van der Waals surface area contributed by atoms with Crippen LogP contribution in [-0.2, 0) is 6.18 Å². The Kier molecular flexibility index (Phi) is 2.77. The van der Waals surface area contributed by atoms with E-state index in [1.165, 1.54) is 12.1 Å². The minimum Gasteiger partial charge on any atom is -0.476 e. The van der Waals surface area contributed by atoms with Gasteiger partial charge in [-0.15, -0.1) is 10.2 Å². The van der Waals surface area contributed by atoms with Crippen LogP contribution in [-0.4, -0.2) is 26.1 Å². The molecule has 18 heavy (non-hydrogen) atoms. The fourth-order valence-electron chi connectivity index (χ4n) is 1.32. The lowest BCUT2D eigenvalue weighted by molar-refractivity contribution is -0.141. The number of hydrogen-bond donors (Lipinski definition) is 1. The Bertz CT molecular complexity index is 578. The van der Waals surface area contributed by atoms with Gasteiger partial charge in [0.15, 0.2) is 0 Å². The topological polar surface area (TPSA) is 68.0 Å². The Labute approximate surface area is 98.5 Å². The number of carbonyl (C=O) groups is 1. The maximum atomic E-state index is 12.6. The van der Waals surface area contributed by atoms with E-state index >= 15 is 0 Å². The van der Waals surface area contributed by atoms with Gasteiger partial charge in [0.05, 0.1) is 5.69 Å². The predicted octanol–water partition coefficient (Wildman–Crippen LogP) is 1.98. The van der Waals surface area contributed by atoms with Gasteiger partial charge in [0.1, 0.15) is 0 Å². The molecule has 0 aliphatic carbocycles. The Balaban J connectivity index is 2.57.